The quantitative estimate of drug-likeness (QED) is 0.778. The fraction of sp³-hybridized carbons (Fsp3) is 0.364. The molecule has 1 aromatic carbocycles. The molecule has 0 saturated carbocycles. The molecule has 0 spiro atoms. The summed E-state index contributed by atoms with van der Waals surface area (Å²) in [6.45, 7) is 1.08. The summed E-state index contributed by atoms with van der Waals surface area (Å²) in [7, 11) is -3.84. The smallest absolute Gasteiger partial charge is 0.326 e. The van der Waals surface area contributed by atoms with Gasteiger partial charge in [-0.1, -0.05) is 11.6 Å². The van der Waals surface area contributed by atoms with Crippen LogP contribution in [0.2, 0.25) is 5.02 Å². The van der Waals surface area contributed by atoms with Gasteiger partial charge in [0.15, 0.2) is 0 Å². The van der Waals surface area contributed by atoms with Gasteiger partial charge in [-0.2, -0.15) is 0 Å². The molecule has 106 valence electrons. The van der Waals surface area contributed by atoms with Crippen LogP contribution in [0.25, 0.3) is 0 Å². The molecule has 0 bridgehead atoms. The number of sulfonamides is 1. The van der Waals surface area contributed by atoms with E-state index in [1.54, 1.807) is 6.92 Å². The third kappa shape index (κ3) is 4.36. The maximum absolute atomic E-state index is 13.7. The van der Waals surface area contributed by atoms with Crippen LogP contribution in [0.4, 0.5) is 10.1 Å². The fourth-order valence-electron chi connectivity index (χ4n) is 1.38. The molecule has 0 saturated heterocycles. The predicted molar refractivity (Wildman–Crippen MR) is 70.2 cm³/mol. The lowest BCUT2D eigenvalue weighted by molar-refractivity contribution is -0.141. The van der Waals surface area contributed by atoms with Gasteiger partial charge in [-0.3, -0.25) is 9.10 Å². The molecule has 0 unspecified atom stereocenters. The molecule has 1 rings (SSSR count). The maximum Gasteiger partial charge on any atom is 0.326 e. The number of esters is 1. The highest BCUT2D eigenvalue weighted by Crippen LogP contribution is 2.25. The molecular weight excluding hydrogens is 297 g/mol. The van der Waals surface area contributed by atoms with Gasteiger partial charge < -0.3 is 4.74 Å². The van der Waals surface area contributed by atoms with E-state index >= 15 is 0 Å². The first-order valence-electron chi connectivity index (χ1n) is 5.34. The lowest BCUT2D eigenvalue weighted by Gasteiger charge is -2.21. The molecule has 8 heteroatoms. The second-order valence-electron chi connectivity index (χ2n) is 3.67. The molecule has 19 heavy (non-hydrogen) atoms. The zero-order chi connectivity index (χ0) is 14.6. The second-order valence-corrected chi connectivity index (χ2v) is 6.01. The third-order valence-electron chi connectivity index (χ3n) is 2.16. The molecular formula is C11H13ClFNO4S. The number of halogens is 2. The number of benzene rings is 1. The van der Waals surface area contributed by atoms with Gasteiger partial charge in [0, 0.05) is 5.02 Å². The predicted octanol–water partition coefficient (Wildman–Crippen LogP) is 1.81. The van der Waals surface area contributed by atoms with E-state index in [0.29, 0.717) is 4.31 Å². The standard InChI is InChI=1S/C11H13ClFNO4S/c1-3-18-11(15)7-14(19(2,16)17)10-6-8(12)4-5-9(10)13/h4-6H,3,7H2,1-2H3. The van der Waals surface area contributed by atoms with Crippen LogP contribution in [0.1, 0.15) is 6.92 Å². The molecule has 5 nitrogen and oxygen atoms in total. The summed E-state index contributed by atoms with van der Waals surface area (Å²) in [6, 6.07) is 3.45. The number of hydrogen-bond donors (Lipinski definition) is 0. The number of anilines is 1. The lowest BCUT2D eigenvalue weighted by atomic mass is 10.3. The summed E-state index contributed by atoms with van der Waals surface area (Å²) < 4.78 is 42.2. The summed E-state index contributed by atoms with van der Waals surface area (Å²) in [6.07, 6.45) is 0.868. The van der Waals surface area contributed by atoms with Crippen molar-refractivity contribution in [1.29, 1.82) is 0 Å². The largest absolute Gasteiger partial charge is 0.465 e. The molecule has 0 aliphatic carbocycles. The Morgan fingerprint density at radius 3 is 2.63 bits per heavy atom. The van der Waals surface area contributed by atoms with Gasteiger partial charge in [0.2, 0.25) is 10.0 Å². The molecule has 0 fully saturated rings. The average molecular weight is 310 g/mol. The molecule has 0 heterocycles. The first-order chi connectivity index (χ1) is 8.75. The van der Waals surface area contributed by atoms with E-state index in [2.05, 4.69) is 4.74 Å². The van der Waals surface area contributed by atoms with E-state index in [9.17, 15) is 17.6 Å². The van der Waals surface area contributed by atoms with Crippen LogP contribution in [0.15, 0.2) is 18.2 Å². The molecule has 0 radical (unpaired) electrons. The molecule has 0 amide bonds. The van der Waals surface area contributed by atoms with Gasteiger partial charge in [0.25, 0.3) is 0 Å². The van der Waals surface area contributed by atoms with E-state index in [1.165, 1.54) is 6.07 Å². The van der Waals surface area contributed by atoms with Gasteiger partial charge in [-0.25, -0.2) is 12.8 Å². The Morgan fingerprint density at radius 2 is 2.11 bits per heavy atom. The molecule has 0 aliphatic heterocycles. The molecule has 0 N–H and O–H groups in total. The SMILES string of the molecule is CCOC(=O)CN(c1cc(Cl)ccc1F)S(C)(=O)=O. The van der Waals surface area contributed by atoms with Crippen LogP contribution in [0.3, 0.4) is 0 Å². The normalized spacial score (nSPS) is 11.2. The van der Waals surface area contributed by atoms with Crippen molar-refractivity contribution in [1.82, 2.24) is 0 Å². The van der Waals surface area contributed by atoms with Crippen LogP contribution in [0.5, 0.6) is 0 Å². The van der Waals surface area contributed by atoms with Gasteiger partial charge >= 0.3 is 5.97 Å². The first-order valence-corrected chi connectivity index (χ1v) is 7.56. The highest BCUT2D eigenvalue weighted by atomic mass is 35.5. The van der Waals surface area contributed by atoms with E-state index in [0.717, 1.165) is 18.4 Å². The lowest BCUT2D eigenvalue weighted by Crippen LogP contribution is -2.36. The fourth-order valence-corrected chi connectivity index (χ4v) is 2.39. The third-order valence-corrected chi connectivity index (χ3v) is 3.52. The average Bonchev–Trinajstić information content (AvgIpc) is 2.28. The van der Waals surface area contributed by atoms with Gasteiger partial charge in [-0.15, -0.1) is 0 Å². The van der Waals surface area contributed by atoms with Gasteiger partial charge in [-0.05, 0) is 25.1 Å². The number of carbonyl (C=O) groups excluding carboxylic acids is 1. The number of carbonyl (C=O) groups is 1. The zero-order valence-corrected chi connectivity index (χ0v) is 12.0. The van der Waals surface area contributed by atoms with Gasteiger partial charge in [0.1, 0.15) is 12.4 Å². The summed E-state index contributed by atoms with van der Waals surface area (Å²) in [5, 5.41) is 0.161. The Bertz CT molecular complexity index is 576. The zero-order valence-electron chi connectivity index (χ0n) is 10.4. The summed E-state index contributed by atoms with van der Waals surface area (Å²) in [4.78, 5) is 11.4. The number of nitrogens with zero attached hydrogens (tertiary/aromatic N) is 1. The van der Waals surface area contributed by atoms with Crippen molar-refractivity contribution in [3.63, 3.8) is 0 Å². The van der Waals surface area contributed by atoms with Crippen LogP contribution in [-0.4, -0.2) is 33.8 Å². The van der Waals surface area contributed by atoms with Crippen molar-refractivity contribution in [2.24, 2.45) is 0 Å². The highest BCUT2D eigenvalue weighted by Gasteiger charge is 2.24. The highest BCUT2D eigenvalue weighted by molar-refractivity contribution is 7.92. The summed E-state index contributed by atoms with van der Waals surface area (Å²) in [5.41, 5.74) is -0.289. The van der Waals surface area contributed by atoms with E-state index in [1.807, 2.05) is 0 Å². The summed E-state index contributed by atoms with van der Waals surface area (Å²) in [5.74, 6) is -1.56. The first kappa shape index (κ1) is 15.7. The minimum atomic E-state index is -3.84. The van der Waals surface area contributed by atoms with Crippen LogP contribution in [-0.2, 0) is 19.6 Å². The Kier molecular flexibility index (Phi) is 5.13. The molecule has 0 aliphatic rings. The monoisotopic (exact) mass is 309 g/mol. The van der Waals surface area contributed by atoms with Gasteiger partial charge in [0.05, 0.1) is 18.6 Å². The minimum Gasteiger partial charge on any atom is -0.465 e. The van der Waals surface area contributed by atoms with Crippen LogP contribution < -0.4 is 4.31 Å². The Labute approximate surface area is 116 Å². The second kappa shape index (κ2) is 6.21. The van der Waals surface area contributed by atoms with Crippen molar-refractivity contribution in [3.05, 3.63) is 29.0 Å². The molecule has 1 aromatic rings. The van der Waals surface area contributed by atoms with Crippen molar-refractivity contribution in [2.75, 3.05) is 23.7 Å². The van der Waals surface area contributed by atoms with Crippen molar-refractivity contribution in [2.45, 2.75) is 6.92 Å². The van der Waals surface area contributed by atoms with E-state index in [4.69, 9.17) is 11.6 Å². The minimum absolute atomic E-state index is 0.106. The number of hydrogen-bond acceptors (Lipinski definition) is 4. The number of ether oxygens (including phenoxy) is 1. The van der Waals surface area contributed by atoms with E-state index in [-0.39, 0.29) is 17.3 Å². The van der Waals surface area contributed by atoms with Crippen molar-refractivity contribution >= 4 is 33.3 Å². The topological polar surface area (TPSA) is 63.7 Å². The Balaban J connectivity index is 3.18. The molecule has 0 atom stereocenters. The van der Waals surface area contributed by atoms with Crippen molar-refractivity contribution in [3.8, 4) is 0 Å². The number of rotatable bonds is 5. The van der Waals surface area contributed by atoms with Crippen LogP contribution in [0, 0.1) is 5.82 Å². The van der Waals surface area contributed by atoms with Crippen molar-refractivity contribution < 1.29 is 22.3 Å². The maximum atomic E-state index is 13.7. The Hall–Kier alpha value is -1.34. The van der Waals surface area contributed by atoms with E-state index < -0.39 is 28.4 Å². The van der Waals surface area contributed by atoms with Crippen LogP contribution >= 0.6 is 11.6 Å². The molecule has 0 aromatic heterocycles. The summed E-state index contributed by atoms with van der Waals surface area (Å²) >= 11 is 5.70. The Morgan fingerprint density at radius 1 is 1.47 bits per heavy atom.